The van der Waals surface area contributed by atoms with E-state index in [-0.39, 0.29) is 6.61 Å². The van der Waals surface area contributed by atoms with Crippen molar-refractivity contribution in [3.05, 3.63) is 63.5 Å². The number of hydrogen-bond donors (Lipinski definition) is 1. The Morgan fingerprint density at radius 2 is 1.83 bits per heavy atom. The highest BCUT2D eigenvalue weighted by molar-refractivity contribution is 9.10. The van der Waals surface area contributed by atoms with Crippen LogP contribution < -0.4 is 4.74 Å². The lowest BCUT2D eigenvalue weighted by atomic mass is 10.00. The van der Waals surface area contributed by atoms with Crippen LogP contribution in [-0.4, -0.2) is 51.3 Å². The Morgan fingerprint density at radius 1 is 1.07 bits per heavy atom. The zero-order valence-corrected chi connectivity index (χ0v) is 18.9. The summed E-state index contributed by atoms with van der Waals surface area (Å²) in [5.41, 5.74) is 2.29. The smallest absolute Gasteiger partial charge is 0.201 e. The molecule has 0 atom stereocenters. The van der Waals surface area contributed by atoms with Crippen LogP contribution in [-0.2, 0) is 9.84 Å². The monoisotopic (exact) mass is 479 g/mol. The fourth-order valence-corrected chi connectivity index (χ4v) is 5.11. The van der Waals surface area contributed by atoms with Crippen LogP contribution in [0, 0.1) is 0 Å². The molecular weight excluding hydrogens is 454 g/mol. The predicted octanol–water partition coefficient (Wildman–Crippen LogP) is 4.10. The molecule has 2 aromatic rings. The van der Waals surface area contributed by atoms with Crippen LogP contribution in [0.1, 0.15) is 30.9 Å². The van der Waals surface area contributed by atoms with Crippen LogP contribution in [0.2, 0.25) is 0 Å². The number of fused-ring (bicyclic) bond motifs is 1. The Balaban J connectivity index is 1.64. The summed E-state index contributed by atoms with van der Waals surface area (Å²) in [7, 11) is -3.48. The topological polar surface area (TPSA) is 66.8 Å². The Hall–Kier alpha value is -1.67. The number of benzene rings is 2. The maximum Gasteiger partial charge on any atom is 0.201 e. The Kier molecular flexibility index (Phi) is 7.51. The minimum atomic E-state index is -3.48. The lowest BCUT2D eigenvalue weighted by Gasteiger charge is -2.18. The fourth-order valence-electron chi connectivity index (χ4n) is 3.38. The van der Waals surface area contributed by atoms with Crippen molar-refractivity contribution < 1.29 is 18.3 Å². The molecule has 0 unspecified atom stereocenters. The van der Waals surface area contributed by atoms with E-state index in [1.165, 1.54) is 5.41 Å². The number of hydrogen-bond acceptors (Lipinski definition) is 5. The van der Waals surface area contributed by atoms with E-state index < -0.39 is 9.84 Å². The van der Waals surface area contributed by atoms with Crippen LogP contribution in [0.3, 0.4) is 0 Å². The van der Waals surface area contributed by atoms with Gasteiger partial charge in [-0.25, -0.2) is 8.42 Å². The van der Waals surface area contributed by atoms with Gasteiger partial charge in [0.1, 0.15) is 5.75 Å². The summed E-state index contributed by atoms with van der Waals surface area (Å²) in [5.74, 6) is 0.570. The van der Waals surface area contributed by atoms with Gasteiger partial charge in [-0.2, -0.15) is 0 Å². The molecule has 0 aromatic heterocycles. The van der Waals surface area contributed by atoms with Crippen molar-refractivity contribution in [1.82, 2.24) is 4.90 Å². The molecule has 1 heterocycles. The zero-order valence-electron chi connectivity index (χ0n) is 16.5. The first-order valence-corrected chi connectivity index (χ1v) is 12.1. The summed E-state index contributed by atoms with van der Waals surface area (Å²) in [6.45, 7) is 5.30. The summed E-state index contributed by atoms with van der Waals surface area (Å²) in [5, 5.41) is 10.4. The quantitative estimate of drug-likeness (QED) is 0.519. The Labute approximate surface area is 181 Å². The molecule has 2 aromatic carbocycles. The molecule has 0 bridgehead atoms. The summed E-state index contributed by atoms with van der Waals surface area (Å²) >= 11 is 3.40. The Morgan fingerprint density at radius 3 is 2.52 bits per heavy atom. The molecule has 0 saturated heterocycles. The van der Waals surface area contributed by atoms with Gasteiger partial charge in [0.05, 0.1) is 18.1 Å². The first-order valence-electron chi connectivity index (χ1n) is 9.78. The SMILES string of the molecule is CCN(CCO)CCCCOc1ccc2c(c1)S(=O)(=O)C=C2c1ccc(Br)cc1. The first kappa shape index (κ1) is 22.0. The van der Waals surface area contributed by atoms with Gasteiger partial charge < -0.3 is 14.7 Å². The third-order valence-corrected chi connectivity index (χ3v) is 7.00. The lowest BCUT2D eigenvalue weighted by Crippen LogP contribution is -2.27. The number of nitrogens with zero attached hydrogens (tertiary/aromatic N) is 1. The second kappa shape index (κ2) is 9.89. The van der Waals surface area contributed by atoms with E-state index in [9.17, 15) is 8.42 Å². The summed E-state index contributed by atoms with van der Waals surface area (Å²) in [4.78, 5) is 2.49. The number of unbranched alkanes of at least 4 members (excludes halogenated alkanes) is 1. The van der Waals surface area contributed by atoms with Crippen molar-refractivity contribution in [1.29, 1.82) is 0 Å². The van der Waals surface area contributed by atoms with Crippen LogP contribution in [0.4, 0.5) is 0 Å². The van der Waals surface area contributed by atoms with Crippen molar-refractivity contribution in [3.63, 3.8) is 0 Å². The van der Waals surface area contributed by atoms with Crippen molar-refractivity contribution >= 4 is 31.3 Å². The van der Waals surface area contributed by atoms with Gasteiger partial charge in [-0.15, -0.1) is 0 Å². The third kappa shape index (κ3) is 5.48. The maximum absolute atomic E-state index is 12.6. The molecule has 1 aliphatic heterocycles. The van der Waals surface area contributed by atoms with E-state index in [0.717, 1.165) is 36.0 Å². The molecule has 7 heteroatoms. The fraction of sp³-hybridized carbons (Fsp3) is 0.364. The molecule has 0 aliphatic carbocycles. The average Bonchev–Trinajstić information content (AvgIpc) is 2.98. The van der Waals surface area contributed by atoms with Gasteiger partial charge in [0.25, 0.3) is 0 Å². The number of halogens is 1. The minimum absolute atomic E-state index is 0.171. The van der Waals surface area contributed by atoms with Crippen LogP contribution in [0.5, 0.6) is 5.75 Å². The standard InChI is InChI=1S/C22H26BrNO4S/c1-2-24(12-13-25)11-3-4-14-28-19-9-10-20-21(16-29(26,27)22(20)15-19)17-5-7-18(23)8-6-17/h5-10,15-16,25H,2-4,11-14H2,1H3. The molecule has 0 amide bonds. The second-order valence-electron chi connectivity index (χ2n) is 6.95. The van der Waals surface area contributed by atoms with E-state index >= 15 is 0 Å². The second-order valence-corrected chi connectivity index (χ2v) is 9.64. The molecule has 0 spiro atoms. The number of rotatable bonds is 10. The van der Waals surface area contributed by atoms with Gasteiger partial charge in [-0.05, 0) is 61.8 Å². The van der Waals surface area contributed by atoms with Crippen molar-refractivity contribution in [2.45, 2.75) is 24.7 Å². The van der Waals surface area contributed by atoms with Crippen molar-refractivity contribution in [2.75, 3.05) is 32.8 Å². The van der Waals surface area contributed by atoms with E-state index in [4.69, 9.17) is 9.84 Å². The van der Waals surface area contributed by atoms with Gasteiger partial charge in [-0.1, -0.05) is 35.0 Å². The third-order valence-electron chi connectivity index (χ3n) is 4.98. The van der Waals surface area contributed by atoms with Crippen LogP contribution >= 0.6 is 15.9 Å². The van der Waals surface area contributed by atoms with Gasteiger partial charge in [-0.3, -0.25) is 0 Å². The number of aliphatic hydroxyl groups excluding tert-OH is 1. The summed E-state index contributed by atoms with van der Waals surface area (Å²) in [6.07, 6.45) is 1.83. The summed E-state index contributed by atoms with van der Waals surface area (Å²) < 4.78 is 32.0. The highest BCUT2D eigenvalue weighted by atomic mass is 79.9. The summed E-state index contributed by atoms with van der Waals surface area (Å²) in [6, 6.07) is 12.9. The molecular formula is C22H26BrNO4S. The molecule has 1 aliphatic rings. The van der Waals surface area contributed by atoms with E-state index in [1.807, 2.05) is 36.4 Å². The predicted molar refractivity (Wildman–Crippen MR) is 119 cm³/mol. The molecule has 0 saturated carbocycles. The van der Waals surface area contributed by atoms with Gasteiger partial charge in [0.2, 0.25) is 9.84 Å². The number of ether oxygens (including phenoxy) is 1. The van der Waals surface area contributed by atoms with Crippen molar-refractivity contribution in [2.24, 2.45) is 0 Å². The number of aliphatic hydroxyl groups is 1. The highest BCUT2D eigenvalue weighted by Crippen LogP contribution is 2.39. The first-order chi connectivity index (χ1) is 13.9. The number of likely N-dealkylation sites (N-methyl/N-ethyl adjacent to an activating group) is 1. The molecule has 29 heavy (non-hydrogen) atoms. The van der Waals surface area contributed by atoms with Crippen LogP contribution in [0.15, 0.2) is 57.2 Å². The van der Waals surface area contributed by atoms with E-state index in [0.29, 0.717) is 34.9 Å². The molecule has 156 valence electrons. The average molecular weight is 480 g/mol. The largest absolute Gasteiger partial charge is 0.494 e. The number of sulfone groups is 1. The van der Waals surface area contributed by atoms with E-state index in [1.54, 1.807) is 6.07 Å². The molecule has 1 N–H and O–H groups in total. The minimum Gasteiger partial charge on any atom is -0.494 e. The normalized spacial score (nSPS) is 14.7. The van der Waals surface area contributed by atoms with Crippen molar-refractivity contribution in [3.8, 4) is 5.75 Å². The lowest BCUT2D eigenvalue weighted by molar-refractivity contribution is 0.195. The maximum atomic E-state index is 12.6. The molecule has 0 radical (unpaired) electrons. The molecule has 3 rings (SSSR count). The Bertz CT molecular complexity index is 971. The van der Waals surface area contributed by atoms with Crippen LogP contribution in [0.25, 0.3) is 5.57 Å². The highest BCUT2D eigenvalue weighted by Gasteiger charge is 2.28. The zero-order chi connectivity index (χ0) is 20.9. The molecule has 5 nitrogen and oxygen atoms in total. The van der Waals surface area contributed by atoms with Gasteiger partial charge in [0.15, 0.2) is 0 Å². The van der Waals surface area contributed by atoms with Gasteiger partial charge in [0, 0.05) is 27.6 Å². The van der Waals surface area contributed by atoms with E-state index in [2.05, 4.69) is 27.8 Å². The van der Waals surface area contributed by atoms with Gasteiger partial charge >= 0.3 is 0 Å². The molecule has 0 fully saturated rings.